The molecule has 1 heterocycles. The van der Waals surface area contributed by atoms with E-state index in [1.807, 2.05) is 18.2 Å². The molecule has 20 heavy (non-hydrogen) atoms. The number of hydrogen-bond donors (Lipinski definition) is 1. The topological polar surface area (TPSA) is 49.8 Å². The van der Waals surface area contributed by atoms with Gasteiger partial charge in [0.2, 0.25) is 0 Å². The Labute approximate surface area is 119 Å². The fourth-order valence-electron chi connectivity index (χ4n) is 2.33. The second-order valence-electron chi connectivity index (χ2n) is 4.91. The summed E-state index contributed by atoms with van der Waals surface area (Å²) in [7, 11) is 0. The van der Waals surface area contributed by atoms with Gasteiger partial charge >= 0.3 is 5.97 Å². The van der Waals surface area contributed by atoms with Crippen molar-refractivity contribution in [2.45, 2.75) is 19.8 Å². The van der Waals surface area contributed by atoms with E-state index < -0.39 is 5.97 Å². The fraction of sp³-hybridized carbons (Fsp3) is 0.438. The van der Waals surface area contributed by atoms with Crippen molar-refractivity contribution in [1.29, 1.82) is 0 Å². The van der Waals surface area contributed by atoms with Gasteiger partial charge in [0.1, 0.15) is 5.76 Å². The zero-order valence-corrected chi connectivity index (χ0v) is 11.8. The molecule has 0 radical (unpaired) electrons. The van der Waals surface area contributed by atoms with E-state index in [-0.39, 0.29) is 5.76 Å². The molecule has 0 fully saturated rings. The van der Waals surface area contributed by atoms with Gasteiger partial charge < -0.3 is 9.84 Å². The SMILES string of the molecule is CCOC(=O)C1=C(O)CCN(CCc2ccccc2)C1. The summed E-state index contributed by atoms with van der Waals surface area (Å²) in [6.45, 7) is 4.23. The van der Waals surface area contributed by atoms with Gasteiger partial charge in [0.15, 0.2) is 0 Å². The molecule has 0 saturated heterocycles. The lowest BCUT2D eigenvalue weighted by atomic mass is 10.1. The third kappa shape index (κ3) is 3.84. The van der Waals surface area contributed by atoms with Crippen LogP contribution < -0.4 is 0 Å². The van der Waals surface area contributed by atoms with Gasteiger partial charge in [-0.25, -0.2) is 4.79 Å². The molecule has 4 heteroatoms. The van der Waals surface area contributed by atoms with Gasteiger partial charge in [-0.3, -0.25) is 4.90 Å². The van der Waals surface area contributed by atoms with Gasteiger partial charge in [-0.2, -0.15) is 0 Å². The molecular weight excluding hydrogens is 254 g/mol. The minimum Gasteiger partial charge on any atom is -0.512 e. The molecule has 0 aromatic heterocycles. The first kappa shape index (κ1) is 14.6. The molecule has 2 rings (SSSR count). The van der Waals surface area contributed by atoms with Crippen molar-refractivity contribution >= 4 is 5.97 Å². The quantitative estimate of drug-likeness (QED) is 0.838. The summed E-state index contributed by atoms with van der Waals surface area (Å²) in [5, 5.41) is 9.82. The second kappa shape index (κ2) is 7.10. The molecular formula is C16H21NO3. The van der Waals surface area contributed by atoms with Gasteiger partial charge in [-0.1, -0.05) is 30.3 Å². The van der Waals surface area contributed by atoms with Crippen molar-refractivity contribution in [1.82, 2.24) is 4.90 Å². The summed E-state index contributed by atoms with van der Waals surface area (Å²) in [5.41, 5.74) is 1.69. The minimum atomic E-state index is -0.394. The summed E-state index contributed by atoms with van der Waals surface area (Å²) >= 11 is 0. The van der Waals surface area contributed by atoms with Crippen LogP contribution in [0.2, 0.25) is 0 Å². The summed E-state index contributed by atoms with van der Waals surface area (Å²) < 4.78 is 4.98. The van der Waals surface area contributed by atoms with E-state index in [1.165, 1.54) is 5.56 Å². The molecule has 1 aromatic carbocycles. The maximum atomic E-state index is 11.8. The van der Waals surface area contributed by atoms with E-state index in [1.54, 1.807) is 6.92 Å². The smallest absolute Gasteiger partial charge is 0.338 e. The number of aliphatic hydroxyl groups excluding tert-OH is 1. The second-order valence-corrected chi connectivity index (χ2v) is 4.91. The Morgan fingerprint density at radius 1 is 1.35 bits per heavy atom. The number of aliphatic hydroxyl groups is 1. The third-order valence-electron chi connectivity index (χ3n) is 3.48. The molecule has 0 amide bonds. The Morgan fingerprint density at radius 3 is 2.80 bits per heavy atom. The highest BCUT2D eigenvalue weighted by Gasteiger charge is 2.24. The lowest BCUT2D eigenvalue weighted by molar-refractivity contribution is -0.139. The van der Waals surface area contributed by atoms with Gasteiger partial charge in [0, 0.05) is 26.1 Å². The zero-order chi connectivity index (χ0) is 14.4. The number of rotatable bonds is 5. The summed E-state index contributed by atoms with van der Waals surface area (Å²) in [6.07, 6.45) is 1.46. The molecule has 0 spiro atoms. The molecule has 108 valence electrons. The van der Waals surface area contributed by atoms with Crippen LogP contribution in [-0.4, -0.2) is 42.2 Å². The van der Waals surface area contributed by atoms with E-state index in [0.29, 0.717) is 25.1 Å². The van der Waals surface area contributed by atoms with Gasteiger partial charge in [-0.05, 0) is 18.9 Å². The lowest BCUT2D eigenvalue weighted by Crippen LogP contribution is -2.36. The van der Waals surface area contributed by atoms with Crippen LogP contribution >= 0.6 is 0 Å². The van der Waals surface area contributed by atoms with Crippen LogP contribution in [0.1, 0.15) is 18.9 Å². The van der Waals surface area contributed by atoms with Crippen LogP contribution in [-0.2, 0) is 16.0 Å². The Balaban J connectivity index is 1.91. The molecule has 1 aliphatic rings. The van der Waals surface area contributed by atoms with Crippen molar-refractivity contribution in [2.75, 3.05) is 26.2 Å². The highest BCUT2D eigenvalue weighted by atomic mass is 16.5. The largest absolute Gasteiger partial charge is 0.512 e. The number of carbonyl (C=O) groups excluding carboxylic acids is 1. The molecule has 0 saturated carbocycles. The third-order valence-corrected chi connectivity index (χ3v) is 3.48. The highest BCUT2D eigenvalue weighted by molar-refractivity contribution is 5.89. The van der Waals surface area contributed by atoms with Crippen LogP contribution in [0.5, 0.6) is 0 Å². The molecule has 0 atom stereocenters. The first-order valence-electron chi connectivity index (χ1n) is 7.05. The van der Waals surface area contributed by atoms with Crippen LogP contribution in [0.4, 0.5) is 0 Å². The number of esters is 1. The summed E-state index contributed by atoms with van der Waals surface area (Å²) in [5.74, 6) is -0.214. The van der Waals surface area contributed by atoms with Crippen molar-refractivity contribution in [2.24, 2.45) is 0 Å². The van der Waals surface area contributed by atoms with Gasteiger partial charge in [0.05, 0.1) is 12.2 Å². The van der Waals surface area contributed by atoms with E-state index in [2.05, 4.69) is 17.0 Å². The van der Waals surface area contributed by atoms with E-state index in [4.69, 9.17) is 4.74 Å². The molecule has 1 N–H and O–H groups in total. The maximum absolute atomic E-state index is 11.8. The monoisotopic (exact) mass is 275 g/mol. The fourth-order valence-corrected chi connectivity index (χ4v) is 2.33. The predicted octanol–water partition coefficient (Wildman–Crippen LogP) is 2.31. The van der Waals surface area contributed by atoms with E-state index >= 15 is 0 Å². The van der Waals surface area contributed by atoms with Crippen molar-refractivity contribution < 1.29 is 14.6 Å². The zero-order valence-electron chi connectivity index (χ0n) is 11.8. The van der Waals surface area contributed by atoms with E-state index in [0.717, 1.165) is 19.5 Å². The van der Waals surface area contributed by atoms with Crippen LogP contribution in [0.25, 0.3) is 0 Å². The first-order valence-corrected chi connectivity index (χ1v) is 7.05. The van der Waals surface area contributed by atoms with Crippen molar-refractivity contribution in [3.05, 3.63) is 47.2 Å². The maximum Gasteiger partial charge on any atom is 0.338 e. The standard InChI is InChI=1S/C16H21NO3/c1-2-20-16(19)14-12-17(11-9-15(14)18)10-8-13-6-4-3-5-7-13/h3-7,18H,2,8-12H2,1H3. The number of benzene rings is 1. The summed E-state index contributed by atoms with van der Waals surface area (Å²) in [6, 6.07) is 10.3. The van der Waals surface area contributed by atoms with Crippen LogP contribution in [0.3, 0.4) is 0 Å². The van der Waals surface area contributed by atoms with Crippen LogP contribution in [0, 0.1) is 0 Å². The predicted molar refractivity (Wildman–Crippen MR) is 77.5 cm³/mol. The first-order chi connectivity index (χ1) is 9.70. The Bertz CT molecular complexity index is 482. The minimum absolute atomic E-state index is 0.180. The molecule has 4 nitrogen and oxygen atoms in total. The average molecular weight is 275 g/mol. The normalized spacial score (nSPS) is 16.2. The number of hydrogen-bond acceptors (Lipinski definition) is 4. The number of ether oxygens (including phenoxy) is 1. The summed E-state index contributed by atoms with van der Waals surface area (Å²) in [4.78, 5) is 13.9. The van der Waals surface area contributed by atoms with Gasteiger partial charge in [0.25, 0.3) is 0 Å². The molecule has 1 aliphatic heterocycles. The molecule has 0 unspecified atom stereocenters. The highest BCUT2D eigenvalue weighted by Crippen LogP contribution is 2.17. The lowest BCUT2D eigenvalue weighted by Gasteiger charge is -2.27. The Kier molecular flexibility index (Phi) is 5.18. The molecule has 0 bridgehead atoms. The van der Waals surface area contributed by atoms with Crippen LogP contribution in [0.15, 0.2) is 41.7 Å². The number of nitrogens with zero attached hydrogens (tertiary/aromatic N) is 1. The molecule has 1 aromatic rings. The number of carbonyl (C=O) groups is 1. The Morgan fingerprint density at radius 2 is 2.10 bits per heavy atom. The van der Waals surface area contributed by atoms with E-state index in [9.17, 15) is 9.90 Å². The van der Waals surface area contributed by atoms with Crippen molar-refractivity contribution in [3.63, 3.8) is 0 Å². The van der Waals surface area contributed by atoms with Crippen molar-refractivity contribution in [3.8, 4) is 0 Å². The van der Waals surface area contributed by atoms with Gasteiger partial charge in [-0.15, -0.1) is 0 Å². The average Bonchev–Trinajstić information content (AvgIpc) is 2.47. The Hall–Kier alpha value is -1.81. The molecule has 0 aliphatic carbocycles.